The molecule has 2 unspecified atom stereocenters. The number of carbonyl (C=O) groups is 2. The molecule has 1 aromatic heterocycles. The van der Waals surface area contributed by atoms with Crippen molar-refractivity contribution in [3.05, 3.63) is 23.9 Å². The second-order valence-electron chi connectivity index (χ2n) is 9.98. The third kappa shape index (κ3) is 3.82. The normalized spacial score (nSPS) is 25.4. The molecule has 1 saturated heterocycles. The van der Waals surface area contributed by atoms with Crippen molar-refractivity contribution in [3.63, 3.8) is 0 Å². The number of benzene rings is 1. The average Bonchev–Trinajstić information content (AvgIpc) is 3.50. The van der Waals surface area contributed by atoms with Gasteiger partial charge < -0.3 is 29.0 Å². The number of ether oxygens (including phenoxy) is 3. The topological polar surface area (TPSA) is 82.0 Å². The minimum Gasteiger partial charge on any atom is -0.496 e. The van der Waals surface area contributed by atoms with E-state index in [1.165, 1.54) is 6.42 Å². The Morgan fingerprint density at radius 3 is 2.53 bits per heavy atom. The predicted octanol–water partition coefficient (Wildman–Crippen LogP) is 3.50. The summed E-state index contributed by atoms with van der Waals surface area (Å²) in [5.41, 5.74) is 0.269. The SMILES string of the molecule is COc1ccc(OC)c2c1cc1n2CC(C)(C(=O)NC2CCCCC2)N(CC2CCCO2)C1=O. The smallest absolute Gasteiger partial charge is 0.271 e. The van der Waals surface area contributed by atoms with Gasteiger partial charge in [-0.2, -0.15) is 0 Å². The van der Waals surface area contributed by atoms with E-state index in [1.54, 1.807) is 19.1 Å². The number of amides is 2. The van der Waals surface area contributed by atoms with E-state index in [0.717, 1.165) is 49.4 Å². The van der Waals surface area contributed by atoms with Gasteiger partial charge in [0.05, 0.1) is 32.4 Å². The second-order valence-corrected chi connectivity index (χ2v) is 9.98. The highest BCUT2D eigenvalue weighted by Gasteiger charge is 2.49. The summed E-state index contributed by atoms with van der Waals surface area (Å²) in [5, 5.41) is 4.09. The molecule has 0 spiro atoms. The van der Waals surface area contributed by atoms with E-state index in [9.17, 15) is 9.59 Å². The van der Waals surface area contributed by atoms with E-state index in [1.807, 2.05) is 29.7 Å². The third-order valence-corrected chi connectivity index (χ3v) is 7.79. The van der Waals surface area contributed by atoms with Gasteiger partial charge in [-0.1, -0.05) is 19.3 Å². The van der Waals surface area contributed by atoms with Crippen LogP contribution in [0.2, 0.25) is 0 Å². The minimum absolute atomic E-state index is 0.0502. The lowest BCUT2D eigenvalue weighted by molar-refractivity contribution is -0.134. The molecule has 3 heterocycles. The zero-order valence-corrected chi connectivity index (χ0v) is 20.4. The van der Waals surface area contributed by atoms with E-state index in [2.05, 4.69) is 5.32 Å². The van der Waals surface area contributed by atoms with Gasteiger partial charge in [0.15, 0.2) is 0 Å². The van der Waals surface area contributed by atoms with Crippen LogP contribution in [0.3, 0.4) is 0 Å². The van der Waals surface area contributed by atoms with Gasteiger partial charge in [-0.05, 0) is 50.8 Å². The molecule has 1 N–H and O–H groups in total. The van der Waals surface area contributed by atoms with Crippen molar-refractivity contribution in [2.75, 3.05) is 27.4 Å². The first-order valence-corrected chi connectivity index (χ1v) is 12.4. The molecule has 2 amide bonds. The van der Waals surface area contributed by atoms with Crippen LogP contribution in [-0.2, 0) is 16.1 Å². The van der Waals surface area contributed by atoms with E-state index < -0.39 is 5.54 Å². The summed E-state index contributed by atoms with van der Waals surface area (Å²) in [4.78, 5) is 29.6. The number of nitrogens with zero attached hydrogens (tertiary/aromatic N) is 2. The van der Waals surface area contributed by atoms with E-state index >= 15 is 0 Å². The van der Waals surface area contributed by atoms with Crippen molar-refractivity contribution in [1.29, 1.82) is 0 Å². The fraction of sp³-hybridized carbons (Fsp3) is 0.615. The monoisotopic (exact) mass is 469 g/mol. The van der Waals surface area contributed by atoms with Crippen LogP contribution in [0.4, 0.5) is 0 Å². The number of aromatic nitrogens is 1. The Hall–Kier alpha value is -2.74. The molecule has 2 aromatic rings. The van der Waals surface area contributed by atoms with Crippen LogP contribution in [0.15, 0.2) is 18.2 Å². The quantitative estimate of drug-likeness (QED) is 0.700. The van der Waals surface area contributed by atoms with Gasteiger partial charge in [-0.3, -0.25) is 9.59 Å². The molecule has 184 valence electrons. The third-order valence-electron chi connectivity index (χ3n) is 7.79. The standard InChI is InChI=1S/C26H35N3O5/c1-26(25(31)27-17-8-5-4-6-9-17)16-28-20(24(30)29(26)15-18-10-7-13-34-18)14-19-21(32-2)11-12-22(33-3)23(19)28/h11-12,14,17-18H,4-10,13,15-16H2,1-3H3,(H,27,31). The summed E-state index contributed by atoms with van der Waals surface area (Å²) in [6, 6.07) is 5.71. The highest BCUT2D eigenvalue weighted by molar-refractivity contribution is 6.06. The van der Waals surface area contributed by atoms with Crippen LogP contribution in [0.1, 0.15) is 62.4 Å². The minimum atomic E-state index is -1.05. The zero-order valence-electron chi connectivity index (χ0n) is 20.4. The highest BCUT2D eigenvalue weighted by atomic mass is 16.5. The molecule has 2 aliphatic heterocycles. The van der Waals surface area contributed by atoms with Gasteiger partial charge >= 0.3 is 0 Å². The van der Waals surface area contributed by atoms with Crippen LogP contribution in [0.5, 0.6) is 11.5 Å². The summed E-state index contributed by atoms with van der Waals surface area (Å²) in [6.07, 6.45) is 7.28. The molecule has 1 aromatic carbocycles. The summed E-state index contributed by atoms with van der Waals surface area (Å²) in [6.45, 7) is 3.33. The largest absolute Gasteiger partial charge is 0.496 e. The highest BCUT2D eigenvalue weighted by Crippen LogP contribution is 2.40. The first-order valence-electron chi connectivity index (χ1n) is 12.4. The molecule has 1 saturated carbocycles. The fourth-order valence-electron chi connectivity index (χ4n) is 5.82. The van der Waals surface area contributed by atoms with Gasteiger partial charge in [-0.25, -0.2) is 0 Å². The van der Waals surface area contributed by atoms with Crippen LogP contribution < -0.4 is 14.8 Å². The molecule has 5 rings (SSSR count). The maximum atomic E-state index is 14.0. The lowest BCUT2D eigenvalue weighted by Gasteiger charge is -2.45. The number of methoxy groups -OCH3 is 2. The number of hydrogen-bond donors (Lipinski definition) is 1. The van der Waals surface area contributed by atoms with Crippen molar-refractivity contribution in [1.82, 2.24) is 14.8 Å². The molecule has 0 bridgehead atoms. The number of hydrogen-bond acceptors (Lipinski definition) is 5. The van der Waals surface area contributed by atoms with Crippen molar-refractivity contribution in [2.45, 2.75) is 76.1 Å². The fourth-order valence-corrected chi connectivity index (χ4v) is 5.82. The van der Waals surface area contributed by atoms with Crippen LogP contribution >= 0.6 is 0 Å². The van der Waals surface area contributed by atoms with Gasteiger partial charge in [0, 0.05) is 24.6 Å². The Kier molecular flexibility index (Phi) is 6.18. The first-order chi connectivity index (χ1) is 16.5. The van der Waals surface area contributed by atoms with Crippen LogP contribution in [0, 0.1) is 0 Å². The molecular weight excluding hydrogens is 434 g/mol. The van der Waals surface area contributed by atoms with Gasteiger partial charge in [-0.15, -0.1) is 0 Å². The lowest BCUT2D eigenvalue weighted by Crippen LogP contribution is -2.66. The number of carbonyl (C=O) groups excluding carboxylic acids is 2. The number of rotatable bonds is 6. The van der Waals surface area contributed by atoms with Gasteiger partial charge in [0.25, 0.3) is 5.91 Å². The van der Waals surface area contributed by atoms with Crippen molar-refractivity contribution < 1.29 is 23.8 Å². The zero-order chi connectivity index (χ0) is 23.9. The van der Waals surface area contributed by atoms with E-state index in [-0.39, 0.29) is 24.0 Å². The number of fused-ring (bicyclic) bond motifs is 3. The molecule has 2 atom stereocenters. The maximum absolute atomic E-state index is 14.0. The Morgan fingerprint density at radius 2 is 1.85 bits per heavy atom. The Morgan fingerprint density at radius 1 is 1.12 bits per heavy atom. The predicted molar refractivity (Wildman–Crippen MR) is 128 cm³/mol. The summed E-state index contributed by atoms with van der Waals surface area (Å²) >= 11 is 0. The summed E-state index contributed by atoms with van der Waals surface area (Å²) in [5.74, 6) is 1.06. The molecule has 8 heteroatoms. The summed E-state index contributed by atoms with van der Waals surface area (Å²) in [7, 11) is 3.23. The molecule has 1 aliphatic carbocycles. The lowest BCUT2D eigenvalue weighted by atomic mass is 9.91. The Balaban J connectivity index is 1.58. The first kappa shape index (κ1) is 23.0. The Bertz CT molecular complexity index is 1080. The second kappa shape index (κ2) is 9.13. The maximum Gasteiger partial charge on any atom is 0.271 e. The molecule has 3 aliphatic rings. The molecule has 34 heavy (non-hydrogen) atoms. The van der Waals surface area contributed by atoms with Gasteiger partial charge in [0.1, 0.15) is 22.7 Å². The number of nitrogens with one attached hydrogen (secondary N) is 1. The van der Waals surface area contributed by atoms with Crippen molar-refractivity contribution in [3.8, 4) is 11.5 Å². The molecule has 0 radical (unpaired) electrons. The van der Waals surface area contributed by atoms with Crippen LogP contribution in [-0.4, -0.2) is 66.3 Å². The van der Waals surface area contributed by atoms with Crippen molar-refractivity contribution in [2.24, 2.45) is 0 Å². The van der Waals surface area contributed by atoms with E-state index in [0.29, 0.717) is 36.9 Å². The average molecular weight is 470 g/mol. The van der Waals surface area contributed by atoms with Crippen molar-refractivity contribution >= 4 is 22.7 Å². The van der Waals surface area contributed by atoms with Crippen LogP contribution in [0.25, 0.3) is 10.9 Å². The molecule has 2 fully saturated rings. The van der Waals surface area contributed by atoms with E-state index in [4.69, 9.17) is 14.2 Å². The summed E-state index contributed by atoms with van der Waals surface area (Å²) < 4.78 is 19.0. The Labute approximate surface area is 200 Å². The van der Waals surface area contributed by atoms with Gasteiger partial charge in [0.2, 0.25) is 5.91 Å². The molecular formula is C26H35N3O5. The molecule has 8 nitrogen and oxygen atoms in total.